The third kappa shape index (κ3) is 11.6. The molecular weight excluding hydrogens is 423 g/mol. The molecule has 5 nitrogen and oxygen atoms in total. The van der Waals surface area contributed by atoms with Gasteiger partial charge in [-0.25, -0.2) is 0 Å². The average Bonchev–Trinajstić information content (AvgIpc) is 2.75. The van der Waals surface area contributed by atoms with E-state index >= 15 is 0 Å². The maximum absolute atomic E-state index is 5.68. The van der Waals surface area contributed by atoms with Crippen molar-refractivity contribution in [2.45, 2.75) is 19.3 Å². The molecule has 0 heterocycles. The van der Waals surface area contributed by atoms with Crippen LogP contribution in [0, 0.1) is 0 Å². The van der Waals surface area contributed by atoms with E-state index in [2.05, 4.69) is 47.0 Å². The largest absolute Gasteiger partial charge is 0.493 e. The Labute approximate surface area is 193 Å². The summed E-state index contributed by atoms with van der Waals surface area (Å²) in [6.07, 6.45) is 3.07. The lowest BCUT2D eigenvalue weighted by atomic mass is 10.1. The predicted octanol–water partition coefficient (Wildman–Crippen LogP) is 3.92. The van der Waals surface area contributed by atoms with Gasteiger partial charge in [-0.3, -0.25) is 0 Å². The molecule has 0 saturated carbocycles. The summed E-state index contributed by atoms with van der Waals surface area (Å²) in [6.45, 7) is 5.35. The Morgan fingerprint density at radius 1 is 0.667 bits per heavy atom. The molecule has 0 aromatic heterocycles. The molecule has 0 fully saturated rings. The van der Waals surface area contributed by atoms with Crippen molar-refractivity contribution in [2.24, 2.45) is 0 Å². The van der Waals surface area contributed by atoms with E-state index in [0.29, 0.717) is 0 Å². The molecule has 0 amide bonds. The standard InChI is InChI=1S/C23H34N2O3.2ClH/c1-26-22-10-9-21(19-23(22)27-2)12-15-25-16-18-28-17-6-13-24-14-11-20-7-4-3-5-8-20;;/h3-5,7-10,19,24-25H,6,11-18H2,1-2H3;2*1H. The zero-order chi connectivity index (χ0) is 19.9. The lowest BCUT2D eigenvalue weighted by Gasteiger charge is -2.10. The van der Waals surface area contributed by atoms with Gasteiger partial charge in [-0.15, -0.1) is 24.8 Å². The highest BCUT2D eigenvalue weighted by Crippen LogP contribution is 2.27. The molecule has 7 heteroatoms. The number of halogens is 2. The monoisotopic (exact) mass is 458 g/mol. The van der Waals surface area contributed by atoms with Crippen molar-refractivity contribution in [2.75, 3.05) is 53.6 Å². The van der Waals surface area contributed by atoms with Gasteiger partial charge >= 0.3 is 0 Å². The summed E-state index contributed by atoms with van der Waals surface area (Å²) < 4.78 is 16.3. The molecule has 2 aromatic rings. The Morgan fingerprint density at radius 3 is 2.03 bits per heavy atom. The Morgan fingerprint density at radius 2 is 1.33 bits per heavy atom. The van der Waals surface area contributed by atoms with Crippen LogP contribution >= 0.6 is 24.8 Å². The van der Waals surface area contributed by atoms with Crippen LogP contribution in [0.25, 0.3) is 0 Å². The van der Waals surface area contributed by atoms with Crippen LogP contribution in [0.15, 0.2) is 48.5 Å². The molecule has 0 bridgehead atoms. The van der Waals surface area contributed by atoms with Gasteiger partial charge in [0.2, 0.25) is 0 Å². The Kier molecular flexibility index (Phi) is 17.4. The normalized spacial score (nSPS) is 10.1. The van der Waals surface area contributed by atoms with Crippen molar-refractivity contribution in [3.05, 3.63) is 59.7 Å². The first kappa shape index (κ1) is 28.5. The molecule has 0 aliphatic heterocycles. The fraction of sp³-hybridized carbons (Fsp3) is 0.478. The summed E-state index contributed by atoms with van der Waals surface area (Å²) in [5, 5.41) is 6.88. The number of rotatable bonds is 15. The fourth-order valence-corrected chi connectivity index (χ4v) is 2.94. The summed E-state index contributed by atoms with van der Waals surface area (Å²) >= 11 is 0. The highest BCUT2D eigenvalue weighted by atomic mass is 35.5. The number of benzene rings is 2. The smallest absolute Gasteiger partial charge is 0.160 e. The summed E-state index contributed by atoms with van der Waals surface area (Å²) in [5.74, 6) is 1.54. The first-order chi connectivity index (χ1) is 13.8. The minimum absolute atomic E-state index is 0. The van der Waals surface area contributed by atoms with E-state index in [1.807, 2.05) is 12.1 Å². The molecule has 0 aliphatic rings. The molecule has 0 unspecified atom stereocenters. The van der Waals surface area contributed by atoms with Gasteiger partial charge in [-0.2, -0.15) is 0 Å². The fourth-order valence-electron chi connectivity index (χ4n) is 2.94. The number of methoxy groups -OCH3 is 2. The predicted molar refractivity (Wildman–Crippen MR) is 129 cm³/mol. The van der Waals surface area contributed by atoms with Crippen LogP contribution in [-0.2, 0) is 17.6 Å². The molecule has 170 valence electrons. The van der Waals surface area contributed by atoms with E-state index in [1.165, 1.54) is 11.1 Å². The van der Waals surface area contributed by atoms with Crippen LogP contribution in [0.5, 0.6) is 11.5 Å². The number of nitrogens with one attached hydrogen (secondary N) is 2. The van der Waals surface area contributed by atoms with Gasteiger partial charge < -0.3 is 24.8 Å². The van der Waals surface area contributed by atoms with Crippen LogP contribution in [0.4, 0.5) is 0 Å². The molecule has 0 spiro atoms. The topological polar surface area (TPSA) is 51.8 Å². The van der Waals surface area contributed by atoms with Crippen molar-refractivity contribution in [1.29, 1.82) is 0 Å². The van der Waals surface area contributed by atoms with Gasteiger partial charge in [0.15, 0.2) is 11.5 Å². The summed E-state index contributed by atoms with van der Waals surface area (Å²) in [4.78, 5) is 0. The zero-order valence-electron chi connectivity index (χ0n) is 18.0. The van der Waals surface area contributed by atoms with Crippen molar-refractivity contribution in [3.8, 4) is 11.5 Å². The van der Waals surface area contributed by atoms with Gasteiger partial charge in [0, 0.05) is 13.2 Å². The van der Waals surface area contributed by atoms with E-state index in [9.17, 15) is 0 Å². The van der Waals surface area contributed by atoms with Crippen LogP contribution in [-0.4, -0.2) is 53.6 Å². The van der Waals surface area contributed by atoms with Gasteiger partial charge in [-0.05, 0) is 62.2 Å². The minimum Gasteiger partial charge on any atom is -0.493 e. The Bertz CT molecular complexity index is 660. The first-order valence-electron chi connectivity index (χ1n) is 10.1. The Balaban J connectivity index is 0.00000420. The van der Waals surface area contributed by atoms with Gasteiger partial charge in [-0.1, -0.05) is 36.4 Å². The quantitative estimate of drug-likeness (QED) is 0.396. The van der Waals surface area contributed by atoms with Gasteiger partial charge in [0.1, 0.15) is 0 Å². The molecule has 2 aromatic carbocycles. The van der Waals surface area contributed by atoms with E-state index in [-0.39, 0.29) is 24.8 Å². The number of ether oxygens (including phenoxy) is 3. The highest BCUT2D eigenvalue weighted by molar-refractivity contribution is 5.85. The summed E-state index contributed by atoms with van der Waals surface area (Å²) in [5.41, 5.74) is 2.61. The second kappa shape index (κ2) is 18.3. The minimum atomic E-state index is 0. The molecular formula is C23H36Cl2N2O3. The van der Waals surface area contributed by atoms with E-state index in [1.54, 1.807) is 14.2 Å². The number of hydrogen-bond donors (Lipinski definition) is 2. The third-order valence-corrected chi connectivity index (χ3v) is 4.54. The van der Waals surface area contributed by atoms with E-state index < -0.39 is 0 Å². The first-order valence-corrected chi connectivity index (χ1v) is 10.1. The van der Waals surface area contributed by atoms with Gasteiger partial charge in [0.05, 0.1) is 20.8 Å². The van der Waals surface area contributed by atoms with Crippen LogP contribution in [0.2, 0.25) is 0 Å². The lowest BCUT2D eigenvalue weighted by molar-refractivity contribution is 0.133. The summed E-state index contributed by atoms with van der Waals surface area (Å²) in [7, 11) is 3.32. The van der Waals surface area contributed by atoms with E-state index in [4.69, 9.17) is 14.2 Å². The van der Waals surface area contributed by atoms with Crippen LogP contribution in [0.1, 0.15) is 17.5 Å². The highest BCUT2D eigenvalue weighted by Gasteiger charge is 2.04. The zero-order valence-corrected chi connectivity index (χ0v) is 19.7. The van der Waals surface area contributed by atoms with Crippen molar-refractivity contribution < 1.29 is 14.2 Å². The van der Waals surface area contributed by atoms with E-state index in [0.717, 1.165) is 70.2 Å². The molecule has 0 saturated heterocycles. The molecule has 0 atom stereocenters. The second-order valence-electron chi connectivity index (χ2n) is 6.64. The average molecular weight is 459 g/mol. The lowest BCUT2D eigenvalue weighted by Crippen LogP contribution is -2.23. The Hall–Kier alpha value is -1.50. The molecule has 30 heavy (non-hydrogen) atoms. The SMILES string of the molecule is COc1ccc(CCNCCOCCCNCCc2ccccc2)cc1OC.Cl.Cl. The van der Waals surface area contributed by atoms with Crippen LogP contribution < -0.4 is 20.1 Å². The maximum atomic E-state index is 5.68. The van der Waals surface area contributed by atoms with Gasteiger partial charge in [0.25, 0.3) is 0 Å². The molecule has 0 radical (unpaired) electrons. The maximum Gasteiger partial charge on any atom is 0.160 e. The van der Waals surface area contributed by atoms with Crippen molar-refractivity contribution in [1.82, 2.24) is 10.6 Å². The van der Waals surface area contributed by atoms with Crippen molar-refractivity contribution in [3.63, 3.8) is 0 Å². The number of hydrogen-bond acceptors (Lipinski definition) is 5. The van der Waals surface area contributed by atoms with Crippen molar-refractivity contribution >= 4 is 24.8 Å². The second-order valence-corrected chi connectivity index (χ2v) is 6.64. The molecule has 2 rings (SSSR count). The third-order valence-electron chi connectivity index (χ3n) is 4.54. The summed E-state index contributed by atoms with van der Waals surface area (Å²) in [6, 6.07) is 16.6. The molecule has 0 aliphatic carbocycles. The van der Waals surface area contributed by atoms with Crippen LogP contribution in [0.3, 0.4) is 0 Å². The molecule has 2 N–H and O–H groups in total.